The lowest BCUT2D eigenvalue weighted by molar-refractivity contribution is -0.137. The van der Waals surface area contributed by atoms with Crippen LogP contribution in [0, 0.1) is 29.1 Å². The number of imide groups is 1. The van der Waals surface area contributed by atoms with E-state index in [4.69, 9.17) is 0 Å². The molecule has 6 rings (SSSR count). The van der Waals surface area contributed by atoms with Gasteiger partial charge in [0.15, 0.2) is 11.6 Å². The fourth-order valence-corrected chi connectivity index (χ4v) is 7.17. The first kappa shape index (κ1) is 23.6. The number of aromatic hydroxyl groups is 1. The number of benzene rings is 2. The fourth-order valence-electron chi connectivity index (χ4n) is 7.17. The summed E-state index contributed by atoms with van der Waals surface area (Å²) in [6.07, 6.45) is -2.36. The molecule has 2 aromatic rings. The second-order valence-electron chi connectivity index (χ2n) is 10.5. The Morgan fingerprint density at radius 3 is 2.35 bits per heavy atom. The summed E-state index contributed by atoms with van der Waals surface area (Å²) in [5, 5.41) is 12.8. The molecule has 6 atom stereocenters. The molecule has 1 saturated carbocycles. The molecule has 1 heterocycles. The maximum Gasteiger partial charge on any atom is 0.416 e. The van der Waals surface area contributed by atoms with Crippen LogP contribution in [0.5, 0.6) is 5.75 Å². The first-order chi connectivity index (χ1) is 17.4. The highest BCUT2D eigenvalue weighted by molar-refractivity contribution is 6.19. The minimum absolute atomic E-state index is 0.0715. The van der Waals surface area contributed by atoms with Crippen LogP contribution in [-0.4, -0.2) is 28.5 Å². The van der Waals surface area contributed by atoms with Crippen LogP contribution in [0.1, 0.15) is 57.5 Å². The van der Waals surface area contributed by atoms with Crippen molar-refractivity contribution in [1.29, 1.82) is 0 Å². The van der Waals surface area contributed by atoms with Gasteiger partial charge in [0.25, 0.3) is 0 Å². The number of Topliss-reactive ketones (excluding diaryl/α,β-unsaturated/α-hetero) is 2. The number of carbonyl (C=O) groups excluding carboxylic acids is 4. The molecule has 0 unspecified atom stereocenters. The summed E-state index contributed by atoms with van der Waals surface area (Å²) >= 11 is 0. The Kier molecular flexibility index (Phi) is 4.87. The Balaban J connectivity index is 1.57. The van der Waals surface area contributed by atoms with Crippen molar-refractivity contribution < 1.29 is 37.5 Å². The number of rotatable bonds is 1. The third kappa shape index (κ3) is 3.12. The Morgan fingerprint density at radius 1 is 0.973 bits per heavy atom. The van der Waals surface area contributed by atoms with E-state index in [2.05, 4.69) is 5.32 Å². The van der Waals surface area contributed by atoms with Crippen molar-refractivity contribution >= 4 is 23.4 Å². The molecule has 0 spiro atoms. The average molecular weight is 509 g/mol. The highest BCUT2D eigenvalue weighted by atomic mass is 19.4. The quantitative estimate of drug-likeness (QED) is 0.438. The van der Waals surface area contributed by atoms with Gasteiger partial charge in [0.2, 0.25) is 11.8 Å². The molecule has 190 valence electrons. The SMILES string of the molecule is C[C@@]12C(=O)c3cccc(O)c3C(=O)[C@@H]1C[C@@H]1C(=CC[C@@H]3C(=O)NC(=O)[C@@H]31)[C@@H]2c1ccc(C(F)(F)F)cc1. The molecule has 37 heavy (non-hydrogen) atoms. The van der Waals surface area contributed by atoms with E-state index >= 15 is 0 Å². The van der Waals surface area contributed by atoms with Gasteiger partial charge in [0.1, 0.15) is 5.75 Å². The van der Waals surface area contributed by atoms with Crippen LogP contribution in [0.3, 0.4) is 0 Å². The predicted octanol–water partition coefficient (Wildman–Crippen LogP) is 4.44. The summed E-state index contributed by atoms with van der Waals surface area (Å²) in [6, 6.07) is 8.81. The monoisotopic (exact) mass is 509 g/mol. The van der Waals surface area contributed by atoms with Crippen LogP contribution in [0.25, 0.3) is 0 Å². The lowest BCUT2D eigenvalue weighted by Crippen LogP contribution is -2.55. The van der Waals surface area contributed by atoms with Gasteiger partial charge >= 0.3 is 6.18 Å². The van der Waals surface area contributed by atoms with E-state index < -0.39 is 64.3 Å². The van der Waals surface area contributed by atoms with E-state index in [0.717, 1.165) is 12.1 Å². The molecule has 1 aliphatic heterocycles. The molecule has 2 aromatic carbocycles. The number of alkyl halides is 3. The zero-order valence-corrected chi connectivity index (χ0v) is 19.6. The third-order valence-electron chi connectivity index (χ3n) is 8.85. The number of hydrogen-bond donors (Lipinski definition) is 2. The Labute approximate surface area is 209 Å². The van der Waals surface area contributed by atoms with Crippen LogP contribution in [-0.2, 0) is 15.8 Å². The van der Waals surface area contributed by atoms with E-state index in [0.29, 0.717) is 11.1 Å². The molecule has 4 aliphatic rings. The van der Waals surface area contributed by atoms with Crippen LogP contribution in [0.4, 0.5) is 13.2 Å². The minimum atomic E-state index is -4.55. The summed E-state index contributed by atoms with van der Waals surface area (Å²) in [6.45, 7) is 1.65. The zero-order valence-electron chi connectivity index (χ0n) is 19.6. The maximum absolute atomic E-state index is 14.1. The van der Waals surface area contributed by atoms with Gasteiger partial charge < -0.3 is 5.11 Å². The Morgan fingerprint density at radius 2 is 1.68 bits per heavy atom. The van der Waals surface area contributed by atoms with Gasteiger partial charge in [-0.3, -0.25) is 24.5 Å². The minimum Gasteiger partial charge on any atom is -0.507 e. The van der Waals surface area contributed by atoms with E-state index in [1.165, 1.54) is 30.3 Å². The molecule has 1 saturated heterocycles. The van der Waals surface area contributed by atoms with Gasteiger partial charge in [-0.25, -0.2) is 0 Å². The van der Waals surface area contributed by atoms with E-state index in [-0.39, 0.29) is 35.5 Å². The van der Waals surface area contributed by atoms with Gasteiger partial charge in [-0.1, -0.05) is 42.8 Å². The first-order valence-corrected chi connectivity index (χ1v) is 12.1. The number of amides is 2. The summed E-state index contributed by atoms with van der Waals surface area (Å²) in [7, 11) is 0. The predicted molar refractivity (Wildman–Crippen MR) is 123 cm³/mol. The Bertz CT molecular complexity index is 1430. The number of phenols is 1. The summed E-state index contributed by atoms with van der Waals surface area (Å²) < 4.78 is 39.9. The number of phenolic OH excluding ortho intramolecular Hbond substituents is 1. The normalized spacial score (nSPS) is 32.6. The van der Waals surface area contributed by atoms with Crippen LogP contribution in [0.15, 0.2) is 54.1 Å². The molecule has 2 fully saturated rings. The van der Waals surface area contributed by atoms with Gasteiger partial charge in [-0.2, -0.15) is 13.2 Å². The summed E-state index contributed by atoms with van der Waals surface area (Å²) in [4.78, 5) is 53.2. The molecule has 6 nitrogen and oxygen atoms in total. The number of ketones is 2. The van der Waals surface area contributed by atoms with Gasteiger partial charge in [-0.15, -0.1) is 0 Å². The number of halogens is 3. The number of carbonyl (C=O) groups is 4. The molecule has 0 bridgehead atoms. The van der Waals surface area contributed by atoms with Crippen molar-refractivity contribution in [2.45, 2.75) is 31.9 Å². The topological polar surface area (TPSA) is 101 Å². The molecule has 0 radical (unpaired) electrons. The van der Waals surface area contributed by atoms with Gasteiger partial charge in [-0.05, 0) is 42.5 Å². The van der Waals surface area contributed by atoms with Crippen LogP contribution >= 0.6 is 0 Å². The molecule has 2 N–H and O–H groups in total. The number of nitrogens with one attached hydrogen (secondary N) is 1. The number of fused-ring (bicyclic) bond motifs is 5. The smallest absolute Gasteiger partial charge is 0.416 e. The zero-order chi connectivity index (χ0) is 26.4. The Hall–Kier alpha value is -3.75. The molecule has 0 aromatic heterocycles. The molecule has 2 amide bonds. The highest BCUT2D eigenvalue weighted by Crippen LogP contribution is 2.63. The van der Waals surface area contributed by atoms with E-state index in [9.17, 15) is 37.5 Å². The van der Waals surface area contributed by atoms with Crippen molar-refractivity contribution in [2.75, 3.05) is 0 Å². The van der Waals surface area contributed by atoms with E-state index in [1.54, 1.807) is 6.92 Å². The molecular formula is C28H22F3NO5. The second kappa shape index (κ2) is 7.63. The summed E-state index contributed by atoms with van der Waals surface area (Å²) in [5.74, 6) is -5.62. The molecular weight excluding hydrogens is 487 g/mol. The standard InChI is InChI=1S/C28H22F3NO5/c1-27-18(23(34)21-15(24(27)35)3-2-4-19(21)33)11-17-14(9-10-16-20(17)26(37)32-25(16)36)22(27)12-5-7-13(8-6-12)28(29,30)31/h2-9,16-18,20,22,33H,10-11H2,1H3,(H,32,36,37)/t16-,17+,18-,20-,22-,27+/m0/s1. The largest absolute Gasteiger partial charge is 0.507 e. The van der Waals surface area contributed by atoms with Crippen LogP contribution < -0.4 is 5.32 Å². The second-order valence-corrected chi connectivity index (χ2v) is 10.5. The van der Waals surface area contributed by atoms with Crippen molar-refractivity contribution in [3.05, 3.63) is 76.4 Å². The van der Waals surface area contributed by atoms with Gasteiger partial charge in [0.05, 0.1) is 28.4 Å². The molecule has 3 aliphatic carbocycles. The van der Waals surface area contributed by atoms with Crippen molar-refractivity contribution in [2.24, 2.45) is 29.1 Å². The number of hydrogen-bond acceptors (Lipinski definition) is 5. The van der Waals surface area contributed by atoms with Crippen molar-refractivity contribution in [3.63, 3.8) is 0 Å². The maximum atomic E-state index is 14.1. The molecule has 9 heteroatoms. The van der Waals surface area contributed by atoms with E-state index in [1.807, 2.05) is 6.08 Å². The lowest BCUT2D eigenvalue weighted by Gasteiger charge is -2.54. The summed E-state index contributed by atoms with van der Waals surface area (Å²) in [5.41, 5.74) is -1.11. The number of allylic oxidation sites excluding steroid dienone is 2. The highest BCUT2D eigenvalue weighted by Gasteiger charge is 2.63. The lowest BCUT2D eigenvalue weighted by atomic mass is 9.46. The van der Waals surface area contributed by atoms with Crippen molar-refractivity contribution in [3.8, 4) is 5.75 Å². The van der Waals surface area contributed by atoms with Crippen molar-refractivity contribution in [1.82, 2.24) is 5.32 Å². The fraction of sp³-hybridized carbons (Fsp3) is 0.357. The third-order valence-corrected chi connectivity index (χ3v) is 8.85. The van der Waals surface area contributed by atoms with Gasteiger partial charge in [0, 0.05) is 17.4 Å². The average Bonchev–Trinajstić information content (AvgIpc) is 3.14. The first-order valence-electron chi connectivity index (χ1n) is 12.1. The van der Waals surface area contributed by atoms with Crippen LogP contribution in [0.2, 0.25) is 0 Å².